The summed E-state index contributed by atoms with van der Waals surface area (Å²) in [4.78, 5) is 2.52. The van der Waals surface area contributed by atoms with Crippen LogP contribution in [0.2, 0.25) is 0 Å². The van der Waals surface area contributed by atoms with Crippen LogP contribution < -0.4 is 5.32 Å². The Morgan fingerprint density at radius 1 is 1.16 bits per heavy atom. The number of nitrogens with one attached hydrogen (secondary N) is 1. The van der Waals surface area contributed by atoms with Crippen molar-refractivity contribution in [1.82, 2.24) is 10.2 Å². The van der Waals surface area contributed by atoms with Crippen molar-refractivity contribution in [3.05, 3.63) is 47.0 Å². The molecule has 102 valence electrons. The number of hydrogen-bond acceptors (Lipinski definition) is 2. The highest BCUT2D eigenvalue weighted by atomic mass is 15.1. The van der Waals surface area contributed by atoms with Crippen LogP contribution in [0.25, 0.3) is 0 Å². The van der Waals surface area contributed by atoms with Gasteiger partial charge in [-0.05, 0) is 37.3 Å². The molecule has 2 nitrogen and oxygen atoms in total. The summed E-state index contributed by atoms with van der Waals surface area (Å²) in [5.41, 5.74) is 4.38. The van der Waals surface area contributed by atoms with Crippen molar-refractivity contribution >= 4 is 0 Å². The lowest BCUT2D eigenvalue weighted by atomic mass is 10.1. The molecule has 0 unspecified atom stereocenters. The van der Waals surface area contributed by atoms with Gasteiger partial charge >= 0.3 is 0 Å². The first kappa shape index (κ1) is 12.9. The fourth-order valence-corrected chi connectivity index (χ4v) is 2.53. The van der Waals surface area contributed by atoms with Gasteiger partial charge in [-0.3, -0.25) is 4.90 Å². The Morgan fingerprint density at radius 2 is 1.89 bits per heavy atom. The van der Waals surface area contributed by atoms with E-state index in [4.69, 9.17) is 0 Å². The summed E-state index contributed by atoms with van der Waals surface area (Å²) >= 11 is 0. The smallest absolute Gasteiger partial charge is 0.0237 e. The highest BCUT2D eigenvalue weighted by Crippen LogP contribution is 2.19. The summed E-state index contributed by atoms with van der Waals surface area (Å²) in [7, 11) is 0. The third-order valence-corrected chi connectivity index (χ3v) is 4.12. The van der Waals surface area contributed by atoms with Crippen LogP contribution in [-0.2, 0) is 13.1 Å². The maximum Gasteiger partial charge on any atom is 0.0237 e. The lowest BCUT2D eigenvalue weighted by Crippen LogP contribution is -2.27. The first-order chi connectivity index (χ1) is 9.29. The fourth-order valence-electron chi connectivity index (χ4n) is 2.53. The Bertz CT molecular complexity index is 443. The van der Waals surface area contributed by atoms with Gasteiger partial charge < -0.3 is 5.32 Å². The minimum Gasteiger partial charge on any atom is -0.310 e. The Labute approximate surface area is 116 Å². The van der Waals surface area contributed by atoms with E-state index in [0.29, 0.717) is 0 Å². The molecule has 0 spiro atoms. The monoisotopic (exact) mass is 256 g/mol. The Kier molecular flexibility index (Phi) is 4.00. The highest BCUT2D eigenvalue weighted by molar-refractivity contribution is 5.23. The van der Waals surface area contributed by atoms with E-state index in [-0.39, 0.29) is 0 Å². The quantitative estimate of drug-likeness (QED) is 0.814. The minimum atomic E-state index is 0.794. The molecular weight excluding hydrogens is 232 g/mol. The van der Waals surface area contributed by atoms with E-state index in [9.17, 15) is 0 Å². The lowest BCUT2D eigenvalue weighted by molar-refractivity contribution is 0.286. The number of benzene rings is 1. The fraction of sp³-hybridized carbons (Fsp3) is 0.529. The van der Waals surface area contributed by atoms with Crippen molar-refractivity contribution in [1.29, 1.82) is 0 Å². The van der Waals surface area contributed by atoms with Crippen molar-refractivity contribution < 1.29 is 0 Å². The summed E-state index contributed by atoms with van der Waals surface area (Å²) in [5.74, 6) is 0. The summed E-state index contributed by atoms with van der Waals surface area (Å²) in [6.45, 7) is 6.65. The highest BCUT2D eigenvalue weighted by Gasteiger charge is 2.19. The van der Waals surface area contributed by atoms with E-state index < -0.39 is 0 Å². The van der Waals surface area contributed by atoms with Crippen LogP contribution in [0.5, 0.6) is 0 Å². The van der Waals surface area contributed by atoms with E-state index >= 15 is 0 Å². The van der Waals surface area contributed by atoms with Crippen LogP contribution in [0.3, 0.4) is 0 Å². The Balaban J connectivity index is 1.50. The van der Waals surface area contributed by atoms with Crippen LogP contribution in [0.4, 0.5) is 0 Å². The van der Waals surface area contributed by atoms with Crippen molar-refractivity contribution in [2.45, 2.75) is 45.3 Å². The molecule has 2 aliphatic rings. The predicted molar refractivity (Wildman–Crippen MR) is 80.0 cm³/mol. The molecule has 1 aromatic rings. The molecule has 1 aliphatic heterocycles. The SMILES string of the molecule is CC1=CCN(Cc2ccc(CNC3CC3)cc2)CC1. The molecule has 19 heavy (non-hydrogen) atoms. The van der Waals surface area contributed by atoms with E-state index in [1.807, 2.05) is 0 Å². The maximum atomic E-state index is 3.56. The molecule has 1 saturated carbocycles. The van der Waals surface area contributed by atoms with Gasteiger partial charge in [0.05, 0.1) is 0 Å². The number of nitrogens with zero attached hydrogens (tertiary/aromatic N) is 1. The average molecular weight is 256 g/mol. The number of rotatable bonds is 5. The van der Waals surface area contributed by atoms with Crippen LogP contribution >= 0.6 is 0 Å². The van der Waals surface area contributed by atoms with Crippen molar-refractivity contribution in [2.75, 3.05) is 13.1 Å². The van der Waals surface area contributed by atoms with Gasteiger partial charge in [0, 0.05) is 32.2 Å². The van der Waals surface area contributed by atoms with Crippen molar-refractivity contribution in [3.8, 4) is 0 Å². The van der Waals surface area contributed by atoms with Gasteiger partial charge in [-0.1, -0.05) is 35.9 Å². The van der Waals surface area contributed by atoms with E-state index in [1.165, 1.54) is 42.5 Å². The van der Waals surface area contributed by atoms with Crippen LogP contribution in [0, 0.1) is 0 Å². The molecule has 2 heteroatoms. The maximum absolute atomic E-state index is 3.56. The molecule has 1 aliphatic carbocycles. The van der Waals surface area contributed by atoms with Gasteiger partial charge in [-0.15, -0.1) is 0 Å². The van der Waals surface area contributed by atoms with Gasteiger partial charge in [0.1, 0.15) is 0 Å². The number of hydrogen-bond donors (Lipinski definition) is 1. The minimum absolute atomic E-state index is 0.794. The predicted octanol–water partition coefficient (Wildman–Crippen LogP) is 3.09. The summed E-state index contributed by atoms with van der Waals surface area (Å²) in [6, 6.07) is 9.92. The zero-order valence-electron chi connectivity index (χ0n) is 11.9. The molecule has 1 fully saturated rings. The third kappa shape index (κ3) is 3.92. The van der Waals surface area contributed by atoms with Gasteiger partial charge in [0.15, 0.2) is 0 Å². The van der Waals surface area contributed by atoms with E-state index in [2.05, 4.69) is 47.5 Å². The van der Waals surface area contributed by atoms with Gasteiger partial charge in [0.25, 0.3) is 0 Å². The molecule has 0 aromatic heterocycles. The summed E-state index contributed by atoms with van der Waals surface area (Å²) in [5, 5.41) is 3.56. The largest absolute Gasteiger partial charge is 0.310 e. The Morgan fingerprint density at radius 3 is 2.53 bits per heavy atom. The molecule has 3 rings (SSSR count). The van der Waals surface area contributed by atoms with E-state index in [1.54, 1.807) is 0 Å². The zero-order chi connectivity index (χ0) is 13.1. The van der Waals surface area contributed by atoms with Crippen LogP contribution in [-0.4, -0.2) is 24.0 Å². The molecular formula is C17H24N2. The topological polar surface area (TPSA) is 15.3 Å². The van der Waals surface area contributed by atoms with Gasteiger partial charge in [0.2, 0.25) is 0 Å². The molecule has 1 heterocycles. The third-order valence-electron chi connectivity index (χ3n) is 4.12. The average Bonchev–Trinajstić information content (AvgIpc) is 3.25. The van der Waals surface area contributed by atoms with Gasteiger partial charge in [-0.2, -0.15) is 0 Å². The van der Waals surface area contributed by atoms with Gasteiger partial charge in [-0.25, -0.2) is 0 Å². The second-order valence-electron chi connectivity index (χ2n) is 6.01. The lowest BCUT2D eigenvalue weighted by Gasteiger charge is -2.25. The molecule has 1 aromatic carbocycles. The summed E-state index contributed by atoms with van der Waals surface area (Å²) in [6.07, 6.45) is 6.31. The first-order valence-corrected chi connectivity index (χ1v) is 7.49. The second kappa shape index (κ2) is 5.89. The molecule has 1 N–H and O–H groups in total. The van der Waals surface area contributed by atoms with Crippen molar-refractivity contribution in [3.63, 3.8) is 0 Å². The normalized spacial score (nSPS) is 20.4. The van der Waals surface area contributed by atoms with E-state index in [0.717, 1.165) is 25.7 Å². The molecule has 0 bridgehead atoms. The molecule has 0 radical (unpaired) electrons. The molecule has 0 amide bonds. The van der Waals surface area contributed by atoms with Crippen LogP contribution in [0.15, 0.2) is 35.9 Å². The molecule has 0 saturated heterocycles. The second-order valence-corrected chi connectivity index (χ2v) is 6.01. The zero-order valence-corrected chi connectivity index (χ0v) is 11.9. The standard InChI is InChI=1S/C17H24N2/c1-14-8-10-19(11-9-14)13-16-4-2-15(3-5-16)12-18-17-6-7-17/h2-5,8,17-18H,6-7,9-13H2,1H3. The van der Waals surface area contributed by atoms with Crippen molar-refractivity contribution in [2.24, 2.45) is 0 Å². The summed E-state index contributed by atoms with van der Waals surface area (Å²) < 4.78 is 0. The molecule has 0 atom stereocenters. The van der Waals surface area contributed by atoms with Crippen LogP contribution in [0.1, 0.15) is 37.3 Å². The Hall–Kier alpha value is -1.12. The first-order valence-electron chi connectivity index (χ1n) is 7.49.